The first-order chi connectivity index (χ1) is 3.35. The SMILES string of the molecule is CC[C@@H](CO)N=O. The van der Waals surface area contributed by atoms with Crippen molar-refractivity contribution in [2.24, 2.45) is 5.18 Å². The molecule has 42 valence electrons. The Balaban J connectivity index is 3.16. The van der Waals surface area contributed by atoms with Gasteiger partial charge in [-0.2, -0.15) is 4.91 Å². The molecule has 3 heteroatoms. The summed E-state index contributed by atoms with van der Waals surface area (Å²) in [4.78, 5) is 9.56. The van der Waals surface area contributed by atoms with Gasteiger partial charge in [-0.1, -0.05) is 12.1 Å². The molecule has 0 radical (unpaired) electrons. The molecule has 0 saturated carbocycles. The van der Waals surface area contributed by atoms with Crippen molar-refractivity contribution in [2.75, 3.05) is 6.61 Å². The lowest BCUT2D eigenvalue weighted by atomic mass is 10.3. The van der Waals surface area contributed by atoms with Crippen molar-refractivity contribution < 1.29 is 5.11 Å². The molecule has 0 aliphatic heterocycles. The Morgan fingerprint density at radius 1 is 1.86 bits per heavy atom. The molecular weight excluding hydrogens is 94.0 g/mol. The van der Waals surface area contributed by atoms with Gasteiger partial charge in [-0.3, -0.25) is 0 Å². The molecule has 0 aromatic carbocycles. The molecule has 0 aromatic heterocycles. The fourth-order valence-corrected chi connectivity index (χ4v) is 0.237. The van der Waals surface area contributed by atoms with Crippen molar-refractivity contribution in [1.82, 2.24) is 0 Å². The largest absolute Gasteiger partial charge is 0.394 e. The average Bonchev–Trinajstić information content (AvgIpc) is 1.72. The molecule has 0 aliphatic rings. The Morgan fingerprint density at radius 3 is 2.43 bits per heavy atom. The van der Waals surface area contributed by atoms with Crippen molar-refractivity contribution in [1.29, 1.82) is 0 Å². The summed E-state index contributed by atoms with van der Waals surface area (Å²) in [7, 11) is 0. The van der Waals surface area contributed by atoms with Crippen LogP contribution in [0.2, 0.25) is 0 Å². The van der Waals surface area contributed by atoms with Gasteiger partial charge >= 0.3 is 0 Å². The van der Waals surface area contributed by atoms with Crippen molar-refractivity contribution in [2.45, 2.75) is 19.4 Å². The zero-order valence-corrected chi connectivity index (χ0v) is 4.29. The maximum atomic E-state index is 9.56. The van der Waals surface area contributed by atoms with Crippen LogP contribution in [0, 0.1) is 4.91 Å². The lowest BCUT2D eigenvalue weighted by molar-refractivity contribution is 0.263. The molecule has 0 aliphatic carbocycles. The molecule has 1 N–H and O–H groups in total. The third kappa shape index (κ3) is 2.28. The van der Waals surface area contributed by atoms with Gasteiger partial charge in [0.15, 0.2) is 0 Å². The monoisotopic (exact) mass is 103 g/mol. The minimum absolute atomic E-state index is 0.125. The van der Waals surface area contributed by atoms with Gasteiger partial charge in [-0.05, 0) is 6.42 Å². The molecule has 0 rings (SSSR count). The maximum absolute atomic E-state index is 9.56. The Morgan fingerprint density at radius 2 is 2.43 bits per heavy atom. The van der Waals surface area contributed by atoms with Gasteiger partial charge in [-0.15, -0.1) is 0 Å². The average molecular weight is 103 g/mol. The second-order valence-electron chi connectivity index (χ2n) is 1.35. The molecule has 0 unspecified atom stereocenters. The molecular formula is C4H9NO2. The number of nitroso groups, excluding NO2 is 1. The topological polar surface area (TPSA) is 49.7 Å². The molecule has 0 spiro atoms. The van der Waals surface area contributed by atoms with Crippen molar-refractivity contribution in [3.8, 4) is 0 Å². The van der Waals surface area contributed by atoms with E-state index in [9.17, 15) is 4.91 Å². The van der Waals surface area contributed by atoms with Gasteiger partial charge in [0.05, 0.1) is 6.61 Å². The van der Waals surface area contributed by atoms with E-state index in [0.717, 1.165) is 0 Å². The number of aliphatic hydroxyl groups excluding tert-OH is 1. The van der Waals surface area contributed by atoms with E-state index in [-0.39, 0.29) is 12.6 Å². The Labute approximate surface area is 42.3 Å². The van der Waals surface area contributed by atoms with Crippen LogP contribution in [0.15, 0.2) is 5.18 Å². The van der Waals surface area contributed by atoms with Crippen LogP contribution in [-0.4, -0.2) is 17.8 Å². The highest BCUT2D eigenvalue weighted by molar-refractivity contribution is 4.58. The van der Waals surface area contributed by atoms with E-state index in [1.54, 1.807) is 0 Å². The summed E-state index contributed by atoms with van der Waals surface area (Å²) < 4.78 is 0. The molecule has 0 heterocycles. The lowest BCUT2D eigenvalue weighted by Gasteiger charge is -1.95. The van der Waals surface area contributed by atoms with E-state index in [4.69, 9.17) is 5.11 Å². The second-order valence-corrected chi connectivity index (χ2v) is 1.35. The number of rotatable bonds is 3. The van der Waals surface area contributed by atoms with Gasteiger partial charge in [0.2, 0.25) is 0 Å². The Hall–Kier alpha value is -0.440. The first-order valence-corrected chi connectivity index (χ1v) is 2.28. The van der Waals surface area contributed by atoms with Crippen LogP contribution in [0.1, 0.15) is 13.3 Å². The number of hydrogen-bond donors (Lipinski definition) is 1. The summed E-state index contributed by atoms with van der Waals surface area (Å²) in [6.07, 6.45) is 0.625. The molecule has 0 saturated heterocycles. The van der Waals surface area contributed by atoms with Crippen LogP contribution in [-0.2, 0) is 0 Å². The third-order valence-electron chi connectivity index (χ3n) is 0.831. The van der Waals surface area contributed by atoms with Crippen molar-refractivity contribution >= 4 is 0 Å². The van der Waals surface area contributed by atoms with Crippen LogP contribution in [0.3, 0.4) is 0 Å². The zero-order chi connectivity index (χ0) is 5.70. The van der Waals surface area contributed by atoms with Gasteiger partial charge < -0.3 is 5.11 Å². The standard InChI is InChI=1S/C4H9NO2/c1-2-4(3-6)5-7/h4,6H,2-3H2,1H3/t4-/m0/s1. The Bertz CT molecular complexity index is 51.7. The van der Waals surface area contributed by atoms with E-state index in [1.165, 1.54) is 0 Å². The molecule has 7 heavy (non-hydrogen) atoms. The third-order valence-corrected chi connectivity index (χ3v) is 0.831. The normalized spacial score (nSPS) is 13.4. The second kappa shape index (κ2) is 3.74. The highest BCUT2D eigenvalue weighted by atomic mass is 16.3. The maximum Gasteiger partial charge on any atom is 0.115 e. The predicted molar refractivity (Wildman–Crippen MR) is 27.0 cm³/mol. The minimum atomic E-state index is -0.389. The highest BCUT2D eigenvalue weighted by Gasteiger charge is 1.99. The van der Waals surface area contributed by atoms with Crippen LogP contribution >= 0.6 is 0 Å². The van der Waals surface area contributed by atoms with Crippen LogP contribution in [0.5, 0.6) is 0 Å². The first-order valence-electron chi connectivity index (χ1n) is 2.28. The summed E-state index contributed by atoms with van der Waals surface area (Å²) in [6.45, 7) is 1.68. The summed E-state index contributed by atoms with van der Waals surface area (Å²) >= 11 is 0. The highest BCUT2D eigenvalue weighted by Crippen LogP contribution is 1.92. The molecule has 1 atom stereocenters. The first kappa shape index (κ1) is 6.56. The van der Waals surface area contributed by atoms with E-state index in [2.05, 4.69) is 5.18 Å². The van der Waals surface area contributed by atoms with Gasteiger partial charge in [-0.25, -0.2) is 0 Å². The van der Waals surface area contributed by atoms with E-state index in [1.807, 2.05) is 6.92 Å². The van der Waals surface area contributed by atoms with Gasteiger partial charge in [0.1, 0.15) is 6.04 Å². The summed E-state index contributed by atoms with van der Waals surface area (Å²) in [5, 5.41) is 10.9. The molecule has 0 fully saturated rings. The van der Waals surface area contributed by atoms with E-state index in [0.29, 0.717) is 6.42 Å². The Kier molecular flexibility index (Phi) is 3.50. The van der Waals surface area contributed by atoms with Crippen LogP contribution in [0.4, 0.5) is 0 Å². The predicted octanol–water partition coefficient (Wildman–Crippen LogP) is 0.524. The zero-order valence-electron chi connectivity index (χ0n) is 4.29. The van der Waals surface area contributed by atoms with Crippen molar-refractivity contribution in [3.05, 3.63) is 4.91 Å². The number of nitrogens with zero attached hydrogens (tertiary/aromatic N) is 1. The van der Waals surface area contributed by atoms with Gasteiger partial charge in [0, 0.05) is 0 Å². The van der Waals surface area contributed by atoms with E-state index >= 15 is 0 Å². The van der Waals surface area contributed by atoms with Crippen LogP contribution < -0.4 is 0 Å². The fraction of sp³-hybridized carbons (Fsp3) is 1.00. The summed E-state index contributed by atoms with van der Waals surface area (Å²) in [5.74, 6) is 0. The lowest BCUT2D eigenvalue weighted by Crippen LogP contribution is -2.05. The smallest absolute Gasteiger partial charge is 0.115 e. The minimum Gasteiger partial charge on any atom is -0.394 e. The number of aliphatic hydroxyl groups is 1. The van der Waals surface area contributed by atoms with Crippen LogP contribution in [0.25, 0.3) is 0 Å². The summed E-state index contributed by atoms with van der Waals surface area (Å²) in [5.41, 5.74) is 0. The van der Waals surface area contributed by atoms with Crippen molar-refractivity contribution in [3.63, 3.8) is 0 Å². The summed E-state index contributed by atoms with van der Waals surface area (Å²) in [6, 6.07) is -0.389. The number of hydrogen-bond acceptors (Lipinski definition) is 3. The van der Waals surface area contributed by atoms with Gasteiger partial charge in [0.25, 0.3) is 0 Å². The molecule has 3 nitrogen and oxygen atoms in total. The van der Waals surface area contributed by atoms with E-state index < -0.39 is 0 Å². The molecule has 0 bridgehead atoms. The molecule has 0 amide bonds. The molecule has 0 aromatic rings. The quantitative estimate of drug-likeness (QED) is 0.529. The fourth-order valence-electron chi connectivity index (χ4n) is 0.237.